The van der Waals surface area contributed by atoms with E-state index >= 15 is 0 Å². The highest BCUT2D eigenvalue weighted by Gasteiger charge is 2.19. The lowest BCUT2D eigenvalue weighted by Gasteiger charge is -2.14. The van der Waals surface area contributed by atoms with Crippen molar-refractivity contribution in [1.29, 1.82) is 0 Å². The highest BCUT2D eigenvalue weighted by atomic mass is 16.5. The Morgan fingerprint density at radius 2 is 1.96 bits per heavy atom. The van der Waals surface area contributed by atoms with Gasteiger partial charge in [-0.05, 0) is 43.7 Å². The summed E-state index contributed by atoms with van der Waals surface area (Å²) in [5.41, 5.74) is 2.72. The summed E-state index contributed by atoms with van der Waals surface area (Å²) in [7, 11) is 0. The zero-order chi connectivity index (χ0) is 19.4. The molecule has 3 rings (SSSR count). The molecule has 0 bridgehead atoms. The normalized spacial score (nSPS) is 11.9. The maximum absolute atomic E-state index is 12.2. The largest absolute Gasteiger partial charge is 0.452 e. The average Bonchev–Trinajstić information content (AvgIpc) is 2.95. The Labute approximate surface area is 155 Å². The molecule has 1 aromatic heterocycles. The fraction of sp³-hybridized carbons (Fsp3) is 0.250. The zero-order valence-electron chi connectivity index (χ0n) is 15.1. The second-order valence-corrected chi connectivity index (χ2v) is 6.23. The summed E-state index contributed by atoms with van der Waals surface area (Å²) in [4.78, 5) is 36.1. The maximum atomic E-state index is 12.2. The van der Waals surface area contributed by atoms with Gasteiger partial charge in [-0.1, -0.05) is 24.3 Å². The monoisotopic (exact) mass is 368 g/mol. The van der Waals surface area contributed by atoms with Crippen molar-refractivity contribution < 1.29 is 18.7 Å². The van der Waals surface area contributed by atoms with Gasteiger partial charge in [0.2, 0.25) is 0 Å². The van der Waals surface area contributed by atoms with Gasteiger partial charge in [0.05, 0.1) is 11.9 Å². The molecule has 0 radical (unpaired) electrons. The number of carbonyl (C=O) groups excluding carboxylic acids is 2. The molecule has 1 amide bonds. The zero-order valence-corrected chi connectivity index (χ0v) is 15.1. The smallest absolute Gasteiger partial charge is 0.419 e. The van der Waals surface area contributed by atoms with E-state index in [1.165, 1.54) is 11.5 Å². The van der Waals surface area contributed by atoms with Crippen molar-refractivity contribution in [2.24, 2.45) is 0 Å². The summed E-state index contributed by atoms with van der Waals surface area (Å²) >= 11 is 0. The molecule has 0 aliphatic carbocycles. The quantitative estimate of drug-likeness (QED) is 0.676. The third-order valence-corrected chi connectivity index (χ3v) is 4.08. The standard InChI is InChI=1S/C20H20N2O5/c1-13-6-5-7-15(12-13)21-19(24)14(2)26-18(23)10-11-22-16-8-3-4-9-17(16)27-20(22)25/h3-9,12,14H,10-11H2,1-2H3,(H,21,24). The minimum Gasteiger partial charge on any atom is -0.452 e. The highest BCUT2D eigenvalue weighted by molar-refractivity contribution is 5.95. The minimum atomic E-state index is -0.948. The molecule has 0 spiro atoms. The number of hydrogen-bond acceptors (Lipinski definition) is 5. The van der Waals surface area contributed by atoms with Gasteiger partial charge in [-0.25, -0.2) is 4.79 Å². The molecule has 1 heterocycles. The number of hydrogen-bond donors (Lipinski definition) is 1. The third-order valence-electron chi connectivity index (χ3n) is 4.08. The van der Waals surface area contributed by atoms with Crippen molar-refractivity contribution in [2.45, 2.75) is 32.9 Å². The van der Waals surface area contributed by atoms with Crippen LogP contribution < -0.4 is 11.1 Å². The topological polar surface area (TPSA) is 90.5 Å². The lowest BCUT2D eigenvalue weighted by atomic mass is 10.2. The van der Waals surface area contributed by atoms with Crippen LogP contribution in [0.2, 0.25) is 0 Å². The summed E-state index contributed by atoms with van der Waals surface area (Å²) in [6.45, 7) is 3.53. The summed E-state index contributed by atoms with van der Waals surface area (Å²) in [5, 5.41) is 2.70. The van der Waals surface area contributed by atoms with Crippen molar-refractivity contribution in [3.63, 3.8) is 0 Å². The van der Waals surface area contributed by atoms with Crippen molar-refractivity contribution in [3.8, 4) is 0 Å². The molecular formula is C20H20N2O5. The maximum Gasteiger partial charge on any atom is 0.419 e. The molecule has 2 aromatic carbocycles. The Balaban J connectivity index is 1.56. The fourth-order valence-corrected chi connectivity index (χ4v) is 2.71. The molecule has 1 N–H and O–H groups in total. The van der Waals surface area contributed by atoms with E-state index in [0.29, 0.717) is 16.8 Å². The summed E-state index contributed by atoms with van der Waals surface area (Å²) < 4.78 is 11.7. The number of nitrogens with zero attached hydrogens (tertiary/aromatic N) is 1. The van der Waals surface area contributed by atoms with Crippen LogP contribution in [0.5, 0.6) is 0 Å². The molecule has 0 fully saturated rings. The summed E-state index contributed by atoms with van der Waals surface area (Å²) in [6, 6.07) is 14.3. The third kappa shape index (κ3) is 4.44. The molecule has 0 saturated carbocycles. The first-order valence-electron chi connectivity index (χ1n) is 8.59. The van der Waals surface area contributed by atoms with Crippen LogP contribution in [0.1, 0.15) is 18.9 Å². The van der Waals surface area contributed by atoms with E-state index in [0.717, 1.165) is 5.56 Å². The lowest BCUT2D eigenvalue weighted by Crippen LogP contribution is -2.30. The fourth-order valence-electron chi connectivity index (χ4n) is 2.71. The van der Waals surface area contributed by atoms with Crippen LogP contribution in [-0.4, -0.2) is 22.5 Å². The van der Waals surface area contributed by atoms with Crippen LogP contribution in [0.15, 0.2) is 57.7 Å². The van der Waals surface area contributed by atoms with Crippen molar-refractivity contribution in [3.05, 3.63) is 64.6 Å². The molecule has 27 heavy (non-hydrogen) atoms. The molecule has 7 heteroatoms. The number of aromatic nitrogens is 1. The summed E-state index contributed by atoms with van der Waals surface area (Å²) in [6.07, 6.45) is -0.998. The van der Waals surface area contributed by atoms with Gasteiger partial charge in [-0.2, -0.15) is 0 Å². The predicted octanol–water partition coefficient (Wildman–Crippen LogP) is 2.86. The molecule has 0 aliphatic rings. The second-order valence-electron chi connectivity index (χ2n) is 6.23. The number of esters is 1. The Kier molecular flexibility index (Phi) is 5.40. The number of aryl methyl sites for hydroxylation is 2. The van der Waals surface area contributed by atoms with Gasteiger partial charge in [0.1, 0.15) is 0 Å². The molecular weight excluding hydrogens is 348 g/mol. The van der Waals surface area contributed by atoms with Gasteiger partial charge in [-0.3, -0.25) is 14.2 Å². The van der Waals surface area contributed by atoms with Crippen LogP contribution in [0.4, 0.5) is 5.69 Å². The summed E-state index contributed by atoms with van der Waals surface area (Å²) in [5.74, 6) is -1.52. The number of ether oxygens (including phenoxy) is 1. The first kappa shape index (κ1) is 18.4. The van der Waals surface area contributed by atoms with E-state index in [9.17, 15) is 14.4 Å². The molecule has 140 valence electrons. The van der Waals surface area contributed by atoms with Crippen LogP contribution >= 0.6 is 0 Å². The van der Waals surface area contributed by atoms with Gasteiger partial charge >= 0.3 is 11.7 Å². The van der Waals surface area contributed by atoms with E-state index in [4.69, 9.17) is 9.15 Å². The number of rotatable bonds is 6. The van der Waals surface area contributed by atoms with Gasteiger partial charge < -0.3 is 14.5 Å². The Morgan fingerprint density at radius 1 is 1.19 bits per heavy atom. The van der Waals surface area contributed by atoms with Gasteiger partial charge in [0.25, 0.3) is 5.91 Å². The lowest BCUT2D eigenvalue weighted by molar-refractivity contribution is -0.153. The molecule has 1 atom stereocenters. The van der Waals surface area contributed by atoms with Crippen LogP contribution in [0.3, 0.4) is 0 Å². The SMILES string of the molecule is Cc1cccc(NC(=O)C(C)OC(=O)CCn2c(=O)oc3ccccc32)c1. The number of nitrogens with one attached hydrogen (secondary N) is 1. The number of para-hydroxylation sites is 2. The number of benzene rings is 2. The van der Waals surface area contributed by atoms with Crippen LogP contribution in [0, 0.1) is 6.92 Å². The van der Waals surface area contributed by atoms with Crippen molar-refractivity contribution >= 4 is 28.7 Å². The number of amides is 1. The van der Waals surface area contributed by atoms with Crippen molar-refractivity contribution in [1.82, 2.24) is 4.57 Å². The average molecular weight is 368 g/mol. The van der Waals surface area contributed by atoms with Gasteiger partial charge in [0, 0.05) is 12.2 Å². The van der Waals surface area contributed by atoms with Crippen LogP contribution in [0.25, 0.3) is 11.1 Å². The van der Waals surface area contributed by atoms with E-state index in [1.54, 1.807) is 30.3 Å². The van der Waals surface area contributed by atoms with E-state index in [2.05, 4.69) is 5.32 Å². The van der Waals surface area contributed by atoms with Crippen LogP contribution in [-0.2, 0) is 20.9 Å². The molecule has 3 aromatic rings. The second kappa shape index (κ2) is 7.90. The van der Waals surface area contributed by atoms with Gasteiger partial charge in [-0.15, -0.1) is 0 Å². The van der Waals surface area contributed by atoms with E-state index in [-0.39, 0.29) is 13.0 Å². The number of fused-ring (bicyclic) bond motifs is 1. The minimum absolute atomic E-state index is 0.0501. The van der Waals surface area contributed by atoms with E-state index in [1.807, 2.05) is 25.1 Å². The number of oxazole rings is 1. The van der Waals surface area contributed by atoms with E-state index < -0.39 is 23.7 Å². The molecule has 1 unspecified atom stereocenters. The predicted molar refractivity (Wildman–Crippen MR) is 100 cm³/mol. The Hall–Kier alpha value is -3.35. The number of carbonyl (C=O) groups is 2. The Morgan fingerprint density at radius 3 is 2.74 bits per heavy atom. The highest BCUT2D eigenvalue weighted by Crippen LogP contribution is 2.13. The molecule has 7 nitrogen and oxygen atoms in total. The first-order chi connectivity index (χ1) is 12.9. The molecule has 0 saturated heterocycles. The van der Waals surface area contributed by atoms with Crippen molar-refractivity contribution in [2.75, 3.05) is 5.32 Å². The number of anilines is 1. The Bertz CT molecular complexity index is 1030. The van der Waals surface area contributed by atoms with Gasteiger partial charge in [0.15, 0.2) is 11.7 Å². The first-order valence-corrected chi connectivity index (χ1v) is 8.59. The molecule has 0 aliphatic heterocycles.